The Morgan fingerprint density at radius 3 is 2.57 bits per heavy atom. The van der Waals surface area contributed by atoms with E-state index in [9.17, 15) is 14.4 Å². The molecule has 1 atom stereocenters. The number of likely N-dealkylation sites (tertiary alicyclic amines) is 1. The Labute approximate surface area is 140 Å². The standard InChI is InChI=1S/C16H18N2O4.ClH/c1-10(19)18-7-5-11-8-12(2-3-14(11)18)15(20)17-6-4-13(9-17)16(21)22;/h2-3,8,13H,4-7,9H2,1H3,(H,21,22);1H. The van der Waals surface area contributed by atoms with Crippen LogP contribution in [0.15, 0.2) is 18.2 Å². The Bertz CT molecular complexity index is 661. The summed E-state index contributed by atoms with van der Waals surface area (Å²) in [5.74, 6) is -1.44. The first-order valence-electron chi connectivity index (χ1n) is 7.40. The molecule has 124 valence electrons. The predicted octanol–water partition coefficient (Wildman–Crippen LogP) is 1.56. The molecular formula is C16H19ClN2O4. The van der Waals surface area contributed by atoms with Gasteiger partial charge in [0, 0.05) is 37.8 Å². The zero-order valence-electron chi connectivity index (χ0n) is 12.8. The number of amides is 2. The summed E-state index contributed by atoms with van der Waals surface area (Å²) in [5, 5.41) is 9.02. The lowest BCUT2D eigenvalue weighted by Gasteiger charge is -2.17. The fourth-order valence-corrected chi connectivity index (χ4v) is 3.19. The quantitative estimate of drug-likeness (QED) is 0.887. The SMILES string of the molecule is CC(=O)N1CCc2cc(C(=O)N3CCC(C(=O)O)C3)ccc21.Cl. The zero-order valence-corrected chi connectivity index (χ0v) is 13.6. The number of carboxylic acid groups (broad SMARTS) is 1. The molecule has 6 nitrogen and oxygen atoms in total. The lowest BCUT2D eigenvalue weighted by molar-refractivity contribution is -0.141. The molecule has 2 heterocycles. The summed E-state index contributed by atoms with van der Waals surface area (Å²) in [6, 6.07) is 5.35. The Balaban J connectivity index is 0.00000192. The molecule has 0 radical (unpaired) electrons. The van der Waals surface area contributed by atoms with Gasteiger partial charge in [-0.1, -0.05) is 0 Å². The Kier molecular flexibility index (Phi) is 4.94. The monoisotopic (exact) mass is 338 g/mol. The second-order valence-electron chi connectivity index (χ2n) is 5.84. The first kappa shape index (κ1) is 17.3. The van der Waals surface area contributed by atoms with Gasteiger partial charge in [0.1, 0.15) is 0 Å². The van der Waals surface area contributed by atoms with E-state index in [1.807, 2.05) is 12.1 Å². The summed E-state index contributed by atoms with van der Waals surface area (Å²) in [6.45, 7) is 2.93. The number of nitrogens with zero attached hydrogens (tertiary/aromatic N) is 2. The van der Waals surface area contributed by atoms with Crippen molar-refractivity contribution in [1.82, 2.24) is 4.90 Å². The zero-order chi connectivity index (χ0) is 15.9. The number of hydrogen-bond acceptors (Lipinski definition) is 3. The molecule has 0 saturated carbocycles. The van der Waals surface area contributed by atoms with Gasteiger partial charge in [0.05, 0.1) is 5.92 Å². The van der Waals surface area contributed by atoms with Gasteiger partial charge in [-0.3, -0.25) is 14.4 Å². The fraction of sp³-hybridized carbons (Fsp3) is 0.438. The number of benzene rings is 1. The summed E-state index contributed by atoms with van der Waals surface area (Å²) in [6.07, 6.45) is 1.25. The Morgan fingerprint density at radius 2 is 1.96 bits per heavy atom. The fourth-order valence-electron chi connectivity index (χ4n) is 3.19. The summed E-state index contributed by atoms with van der Waals surface area (Å²) in [5.41, 5.74) is 2.43. The predicted molar refractivity (Wildman–Crippen MR) is 87.1 cm³/mol. The van der Waals surface area contributed by atoms with Gasteiger partial charge in [0.15, 0.2) is 0 Å². The molecule has 23 heavy (non-hydrogen) atoms. The van der Waals surface area contributed by atoms with Crippen LogP contribution in [-0.4, -0.2) is 47.4 Å². The van der Waals surface area contributed by atoms with Crippen molar-refractivity contribution < 1.29 is 19.5 Å². The van der Waals surface area contributed by atoms with Crippen molar-refractivity contribution in [2.24, 2.45) is 5.92 Å². The second-order valence-corrected chi connectivity index (χ2v) is 5.84. The highest BCUT2D eigenvalue weighted by molar-refractivity contribution is 5.98. The van der Waals surface area contributed by atoms with E-state index in [0.717, 1.165) is 17.7 Å². The average molecular weight is 339 g/mol. The summed E-state index contributed by atoms with van der Waals surface area (Å²) in [4.78, 5) is 38.3. The number of carbonyl (C=O) groups is 3. The molecule has 1 unspecified atom stereocenters. The maximum absolute atomic E-state index is 12.5. The highest BCUT2D eigenvalue weighted by Gasteiger charge is 2.32. The minimum atomic E-state index is -0.846. The van der Waals surface area contributed by atoms with Crippen LogP contribution in [0.4, 0.5) is 5.69 Å². The summed E-state index contributed by atoms with van der Waals surface area (Å²) >= 11 is 0. The van der Waals surface area contributed by atoms with Gasteiger partial charge in [0.25, 0.3) is 5.91 Å². The number of carbonyl (C=O) groups excluding carboxylic acids is 2. The third-order valence-electron chi connectivity index (χ3n) is 4.43. The van der Waals surface area contributed by atoms with Gasteiger partial charge in [-0.15, -0.1) is 12.4 Å². The third-order valence-corrected chi connectivity index (χ3v) is 4.43. The van der Waals surface area contributed by atoms with Gasteiger partial charge in [0.2, 0.25) is 5.91 Å². The minimum Gasteiger partial charge on any atom is -0.481 e. The van der Waals surface area contributed by atoms with Gasteiger partial charge in [-0.25, -0.2) is 0 Å². The van der Waals surface area contributed by atoms with Gasteiger partial charge >= 0.3 is 5.97 Å². The lowest BCUT2D eigenvalue weighted by atomic mass is 10.1. The minimum absolute atomic E-state index is 0. The van der Waals surface area contributed by atoms with E-state index >= 15 is 0 Å². The molecule has 1 saturated heterocycles. The lowest BCUT2D eigenvalue weighted by Crippen LogP contribution is -2.30. The van der Waals surface area contributed by atoms with E-state index in [1.54, 1.807) is 15.9 Å². The first-order valence-corrected chi connectivity index (χ1v) is 7.40. The van der Waals surface area contributed by atoms with Crippen molar-refractivity contribution in [3.8, 4) is 0 Å². The number of aliphatic carboxylic acids is 1. The van der Waals surface area contributed by atoms with Crippen LogP contribution in [-0.2, 0) is 16.0 Å². The molecule has 7 heteroatoms. The van der Waals surface area contributed by atoms with E-state index in [0.29, 0.717) is 25.1 Å². The van der Waals surface area contributed by atoms with Crippen molar-refractivity contribution in [1.29, 1.82) is 0 Å². The third kappa shape index (κ3) is 3.17. The van der Waals surface area contributed by atoms with E-state index in [-0.39, 0.29) is 30.8 Å². The van der Waals surface area contributed by atoms with Gasteiger partial charge in [-0.2, -0.15) is 0 Å². The molecule has 1 aromatic carbocycles. The molecule has 2 aliphatic rings. The number of rotatable bonds is 2. The highest BCUT2D eigenvalue weighted by Crippen LogP contribution is 2.30. The average Bonchev–Trinajstić information content (AvgIpc) is 3.12. The normalized spacial score (nSPS) is 19.3. The number of carboxylic acids is 1. The number of anilines is 1. The van der Waals surface area contributed by atoms with E-state index in [1.165, 1.54) is 6.92 Å². The maximum atomic E-state index is 12.5. The van der Waals surface area contributed by atoms with Crippen molar-refractivity contribution in [3.05, 3.63) is 29.3 Å². The van der Waals surface area contributed by atoms with Crippen LogP contribution in [0, 0.1) is 5.92 Å². The molecule has 1 aromatic rings. The smallest absolute Gasteiger partial charge is 0.308 e. The van der Waals surface area contributed by atoms with Crippen LogP contribution in [0.3, 0.4) is 0 Å². The molecule has 0 aromatic heterocycles. The second kappa shape index (κ2) is 6.58. The van der Waals surface area contributed by atoms with Gasteiger partial charge < -0.3 is 14.9 Å². The highest BCUT2D eigenvalue weighted by atomic mass is 35.5. The summed E-state index contributed by atoms with van der Waals surface area (Å²) < 4.78 is 0. The van der Waals surface area contributed by atoms with E-state index in [4.69, 9.17) is 5.11 Å². The molecule has 2 amide bonds. The van der Waals surface area contributed by atoms with E-state index in [2.05, 4.69) is 0 Å². The van der Waals surface area contributed by atoms with E-state index < -0.39 is 11.9 Å². The van der Waals surface area contributed by atoms with Crippen molar-refractivity contribution in [2.45, 2.75) is 19.8 Å². The Hall–Kier alpha value is -2.08. The number of fused-ring (bicyclic) bond motifs is 1. The molecule has 1 fully saturated rings. The molecule has 0 aliphatic carbocycles. The van der Waals surface area contributed by atoms with Crippen molar-refractivity contribution in [2.75, 3.05) is 24.5 Å². The van der Waals surface area contributed by atoms with Crippen molar-refractivity contribution >= 4 is 35.9 Å². The van der Waals surface area contributed by atoms with Crippen LogP contribution in [0.2, 0.25) is 0 Å². The largest absolute Gasteiger partial charge is 0.481 e. The molecule has 0 spiro atoms. The molecule has 3 rings (SSSR count). The van der Waals surface area contributed by atoms with Crippen LogP contribution in [0.5, 0.6) is 0 Å². The summed E-state index contributed by atoms with van der Waals surface area (Å²) in [7, 11) is 0. The number of halogens is 1. The van der Waals surface area contributed by atoms with Gasteiger partial charge in [-0.05, 0) is 36.6 Å². The Morgan fingerprint density at radius 1 is 1.22 bits per heavy atom. The maximum Gasteiger partial charge on any atom is 0.308 e. The van der Waals surface area contributed by atoms with Crippen LogP contribution in [0.1, 0.15) is 29.3 Å². The topological polar surface area (TPSA) is 77.9 Å². The van der Waals surface area contributed by atoms with Crippen molar-refractivity contribution in [3.63, 3.8) is 0 Å². The van der Waals surface area contributed by atoms with Crippen LogP contribution >= 0.6 is 12.4 Å². The first-order chi connectivity index (χ1) is 10.5. The number of hydrogen-bond donors (Lipinski definition) is 1. The van der Waals surface area contributed by atoms with Crippen LogP contribution in [0.25, 0.3) is 0 Å². The molecule has 0 bridgehead atoms. The molecule has 2 aliphatic heterocycles. The molecular weight excluding hydrogens is 320 g/mol. The van der Waals surface area contributed by atoms with Crippen LogP contribution < -0.4 is 4.90 Å². The molecule has 1 N–H and O–H groups in total.